The molecule has 0 saturated heterocycles. The lowest BCUT2D eigenvalue weighted by atomic mass is 9.69. The largest absolute Gasteiger partial charge is 0.481 e. The molecule has 1 aromatic heterocycles. The first-order chi connectivity index (χ1) is 8.53. The minimum Gasteiger partial charge on any atom is -0.481 e. The van der Waals surface area contributed by atoms with Crippen LogP contribution in [0.4, 0.5) is 0 Å². The molecule has 1 aliphatic rings. The van der Waals surface area contributed by atoms with Gasteiger partial charge in [0.05, 0.1) is 5.41 Å². The predicted octanol–water partition coefficient (Wildman–Crippen LogP) is 0.360. The van der Waals surface area contributed by atoms with E-state index < -0.39 is 17.3 Å². The summed E-state index contributed by atoms with van der Waals surface area (Å²) in [6, 6.07) is 2.66. The van der Waals surface area contributed by atoms with Crippen molar-refractivity contribution in [3.05, 3.63) is 34.2 Å². The van der Waals surface area contributed by atoms with Crippen molar-refractivity contribution in [1.82, 2.24) is 10.3 Å². The number of aliphatic carboxylic acids is 1. The molecule has 2 rings (SSSR count). The van der Waals surface area contributed by atoms with Gasteiger partial charge in [-0.05, 0) is 18.9 Å². The Hall–Kier alpha value is -2.11. The normalized spacial score (nSPS) is 16.7. The second-order valence-corrected chi connectivity index (χ2v) is 4.56. The average Bonchev–Trinajstić information content (AvgIpc) is 2.26. The molecular weight excluding hydrogens is 236 g/mol. The summed E-state index contributed by atoms with van der Waals surface area (Å²) in [4.78, 5) is 36.3. The van der Waals surface area contributed by atoms with E-state index in [2.05, 4.69) is 10.3 Å². The van der Waals surface area contributed by atoms with Crippen LogP contribution < -0.4 is 10.9 Å². The number of pyridine rings is 1. The zero-order chi connectivity index (χ0) is 13.2. The summed E-state index contributed by atoms with van der Waals surface area (Å²) in [5.74, 6) is -1.30. The van der Waals surface area contributed by atoms with Crippen molar-refractivity contribution in [2.45, 2.75) is 19.3 Å². The van der Waals surface area contributed by atoms with Crippen LogP contribution in [0.1, 0.15) is 29.6 Å². The standard InChI is InChI=1S/C12H14N2O4/c15-9-6-8(2-5-13-9)10(16)14-7-12(11(17)18)3-1-4-12/h2,5-6H,1,3-4,7H2,(H,13,15)(H,14,16)(H,17,18). The van der Waals surface area contributed by atoms with Crippen LogP contribution in [0.2, 0.25) is 0 Å². The van der Waals surface area contributed by atoms with Crippen molar-refractivity contribution < 1.29 is 14.7 Å². The fraction of sp³-hybridized carbons (Fsp3) is 0.417. The molecule has 0 unspecified atom stereocenters. The van der Waals surface area contributed by atoms with E-state index in [-0.39, 0.29) is 17.7 Å². The van der Waals surface area contributed by atoms with Gasteiger partial charge in [0.25, 0.3) is 5.91 Å². The third-order valence-corrected chi connectivity index (χ3v) is 3.39. The Morgan fingerprint density at radius 1 is 1.44 bits per heavy atom. The van der Waals surface area contributed by atoms with Crippen molar-refractivity contribution in [2.75, 3.05) is 6.54 Å². The number of amides is 1. The summed E-state index contributed by atoms with van der Waals surface area (Å²) < 4.78 is 0. The summed E-state index contributed by atoms with van der Waals surface area (Å²) >= 11 is 0. The van der Waals surface area contributed by atoms with Crippen LogP contribution in [0.15, 0.2) is 23.1 Å². The molecule has 0 radical (unpaired) electrons. The first kappa shape index (κ1) is 12.3. The van der Waals surface area contributed by atoms with Gasteiger partial charge in [-0.2, -0.15) is 0 Å². The Bertz CT molecular complexity index is 531. The second kappa shape index (κ2) is 4.64. The number of aromatic nitrogens is 1. The zero-order valence-electron chi connectivity index (χ0n) is 9.73. The first-order valence-corrected chi connectivity index (χ1v) is 5.74. The number of aromatic amines is 1. The van der Waals surface area contributed by atoms with E-state index in [0.717, 1.165) is 6.42 Å². The molecule has 0 spiro atoms. The molecule has 1 heterocycles. The third-order valence-electron chi connectivity index (χ3n) is 3.39. The third kappa shape index (κ3) is 2.27. The molecule has 18 heavy (non-hydrogen) atoms. The van der Waals surface area contributed by atoms with Gasteiger partial charge in [0.15, 0.2) is 0 Å². The molecule has 1 aliphatic carbocycles. The van der Waals surface area contributed by atoms with Crippen molar-refractivity contribution in [3.8, 4) is 0 Å². The van der Waals surface area contributed by atoms with Crippen LogP contribution in [0.3, 0.4) is 0 Å². The van der Waals surface area contributed by atoms with E-state index in [1.54, 1.807) is 0 Å². The molecule has 0 aromatic carbocycles. The van der Waals surface area contributed by atoms with E-state index in [1.807, 2.05) is 0 Å². The van der Waals surface area contributed by atoms with Crippen LogP contribution in [-0.4, -0.2) is 28.5 Å². The molecule has 96 valence electrons. The number of hydrogen-bond donors (Lipinski definition) is 3. The lowest BCUT2D eigenvalue weighted by Gasteiger charge is -2.37. The van der Waals surface area contributed by atoms with Gasteiger partial charge < -0.3 is 15.4 Å². The SMILES string of the molecule is O=C(NCC1(C(=O)O)CCC1)c1cc[nH]c(=O)c1. The Balaban J connectivity index is 2.00. The maximum absolute atomic E-state index is 11.7. The number of carboxylic acids is 1. The number of nitrogens with one attached hydrogen (secondary N) is 2. The van der Waals surface area contributed by atoms with Gasteiger partial charge in [-0.1, -0.05) is 6.42 Å². The summed E-state index contributed by atoms with van der Waals surface area (Å²) in [5, 5.41) is 11.7. The van der Waals surface area contributed by atoms with E-state index in [9.17, 15) is 14.4 Å². The average molecular weight is 250 g/mol. The quantitative estimate of drug-likeness (QED) is 0.718. The number of rotatable bonds is 4. The molecule has 1 aromatic rings. The first-order valence-electron chi connectivity index (χ1n) is 5.74. The van der Waals surface area contributed by atoms with Crippen molar-refractivity contribution >= 4 is 11.9 Å². The predicted molar refractivity (Wildman–Crippen MR) is 63.3 cm³/mol. The summed E-state index contributed by atoms with van der Waals surface area (Å²) in [6.45, 7) is 0.105. The Kier molecular flexibility index (Phi) is 3.18. The molecule has 0 bridgehead atoms. The van der Waals surface area contributed by atoms with Crippen molar-refractivity contribution in [2.24, 2.45) is 5.41 Å². The molecule has 6 nitrogen and oxygen atoms in total. The zero-order valence-corrected chi connectivity index (χ0v) is 9.73. The highest BCUT2D eigenvalue weighted by Crippen LogP contribution is 2.40. The van der Waals surface area contributed by atoms with Crippen LogP contribution in [-0.2, 0) is 4.79 Å². The fourth-order valence-electron chi connectivity index (χ4n) is 2.01. The highest BCUT2D eigenvalue weighted by molar-refractivity contribution is 5.94. The summed E-state index contributed by atoms with van der Waals surface area (Å²) in [7, 11) is 0. The Morgan fingerprint density at radius 3 is 2.67 bits per heavy atom. The fourth-order valence-corrected chi connectivity index (χ4v) is 2.01. The maximum Gasteiger partial charge on any atom is 0.311 e. The smallest absolute Gasteiger partial charge is 0.311 e. The Morgan fingerprint density at radius 2 is 2.17 bits per heavy atom. The van der Waals surface area contributed by atoms with Gasteiger partial charge in [0, 0.05) is 24.4 Å². The monoisotopic (exact) mass is 250 g/mol. The Labute approximate surface area is 103 Å². The number of carboxylic acid groups (broad SMARTS) is 1. The van der Waals surface area contributed by atoms with E-state index in [1.165, 1.54) is 18.3 Å². The molecule has 6 heteroatoms. The summed E-state index contributed by atoms with van der Waals surface area (Å²) in [6.07, 6.45) is 3.41. The minimum absolute atomic E-state index is 0.105. The summed E-state index contributed by atoms with van der Waals surface area (Å²) in [5.41, 5.74) is -0.950. The van der Waals surface area contributed by atoms with Crippen molar-refractivity contribution in [1.29, 1.82) is 0 Å². The van der Waals surface area contributed by atoms with Gasteiger partial charge in [-0.15, -0.1) is 0 Å². The van der Waals surface area contributed by atoms with Crippen molar-refractivity contribution in [3.63, 3.8) is 0 Å². The topological polar surface area (TPSA) is 99.3 Å². The van der Waals surface area contributed by atoms with Gasteiger partial charge in [0.2, 0.25) is 5.56 Å². The molecule has 1 saturated carbocycles. The van der Waals surface area contributed by atoms with Crippen LogP contribution in [0.5, 0.6) is 0 Å². The van der Waals surface area contributed by atoms with Crippen LogP contribution in [0.25, 0.3) is 0 Å². The van der Waals surface area contributed by atoms with Gasteiger partial charge in [-0.3, -0.25) is 14.4 Å². The highest BCUT2D eigenvalue weighted by Gasteiger charge is 2.44. The number of H-pyrrole nitrogens is 1. The molecular formula is C12H14N2O4. The van der Waals surface area contributed by atoms with Gasteiger partial charge in [0.1, 0.15) is 0 Å². The molecule has 0 atom stereocenters. The number of carbonyl (C=O) groups excluding carboxylic acids is 1. The van der Waals surface area contributed by atoms with E-state index in [0.29, 0.717) is 12.8 Å². The van der Waals surface area contributed by atoms with Crippen LogP contribution in [0, 0.1) is 5.41 Å². The highest BCUT2D eigenvalue weighted by atomic mass is 16.4. The second-order valence-electron chi connectivity index (χ2n) is 4.56. The van der Waals surface area contributed by atoms with E-state index >= 15 is 0 Å². The van der Waals surface area contributed by atoms with Gasteiger partial charge >= 0.3 is 5.97 Å². The number of carbonyl (C=O) groups is 2. The number of hydrogen-bond acceptors (Lipinski definition) is 3. The molecule has 0 aliphatic heterocycles. The molecule has 1 amide bonds. The molecule has 1 fully saturated rings. The molecule has 3 N–H and O–H groups in total. The lowest BCUT2D eigenvalue weighted by Crippen LogP contribution is -2.47. The van der Waals surface area contributed by atoms with Crippen LogP contribution >= 0.6 is 0 Å². The van der Waals surface area contributed by atoms with E-state index in [4.69, 9.17) is 5.11 Å². The maximum atomic E-state index is 11.7. The minimum atomic E-state index is -0.875. The van der Waals surface area contributed by atoms with Gasteiger partial charge in [-0.25, -0.2) is 0 Å². The lowest BCUT2D eigenvalue weighted by molar-refractivity contribution is -0.153.